The van der Waals surface area contributed by atoms with Crippen molar-refractivity contribution in [3.8, 4) is 11.5 Å². The van der Waals surface area contributed by atoms with E-state index >= 15 is 0 Å². The Bertz CT molecular complexity index is 569. The normalized spacial score (nSPS) is 10.5. The minimum Gasteiger partial charge on any atom is -0.496 e. The molecule has 0 amide bonds. The van der Waals surface area contributed by atoms with Gasteiger partial charge in [0.05, 0.1) is 22.6 Å². The molecule has 102 valence electrons. The lowest BCUT2D eigenvalue weighted by Crippen LogP contribution is -1.96. The first-order valence-electron chi connectivity index (χ1n) is 5.57. The van der Waals surface area contributed by atoms with E-state index in [9.17, 15) is 0 Å². The van der Waals surface area contributed by atoms with Gasteiger partial charge in [-0.05, 0) is 56.1 Å². The largest absolute Gasteiger partial charge is 0.496 e. The molecule has 6 heteroatoms. The fraction of sp³-hybridized carbons (Fsp3) is 0.231. The minimum absolute atomic E-state index is 0.345. The highest BCUT2D eigenvalue weighted by Gasteiger charge is 2.09. The van der Waals surface area contributed by atoms with Crippen LogP contribution in [0.2, 0.25) is 0 Å². The highest BCUT2D eigenvalue weighted by Crippen LogP contribution is 2.36. The first kappa shape index (κ1) is 14.4. The van der Waals surface area contributed by atoms with Gasteiger partial charge in [-0.25, -0.2) is 0 Å². The van der Waals surface area contributed by atoms with E-state index < -0.39 is 0 Å². The van der Waals surface area contributed by atoms with E-state index in [2.05, 4.69) is 31.9 Å². The van der Waals surface area contributed by atoms with Crippen LogP contribution in [0.4, 0.5) is 0 Å². The molecule has 0 atom stereocenters. The second kappa shape index (κ2) is 6.45. The van der Waals surface area contributed by atoms with Crippen molar-refractivity contribution >= 4 is 31.9 Å². The second-order valence-corrected chi connectivity index (χ2v) is 5.49. The molecule has 0 aliphatic heterocycles. The van der Waals surface area contributed by atoms with Crippen LogP contribution in [0.3, 0.4) is 0 Å². The van der Waals surface area contributed by atoms with E-state index in [4.69, 9.17) is 19.6 Å². The van der Waals surface area contributed by atoms with Gasteiger partial charge in [0.15, 0.2) is 0 Å². The van der Waals surface area contributed by atoms with Crippen LogP contribution >= 0.6 is 31.9 Å². The fourth-order valence-electron chi connectivity index (χ4n) is 1.54. The monoisotopic (exact) mass is 389 g/mol. The Labute approximate surface area is 128 Å². The zero-order valence-corrected chi connectivity index (χ0v) is 13.5. The molecule has 0 saturated heterocycles. The molecule has 0 aliphatic carbocycles. The highest BCUT2D eigenvalue weighted by atomic mass is 79.9. The second-order valence-electron chi connectivity index (χ2n) is 3.78. The van der Waals surface area contributed by atoms with Gasteiger partial charge in [-0.15, -0.1) is 0 Å². The fourth-order valence-corrected chi connectivity index (χ4v) is 2.46. The lowest BCUT2D eigenvalue weighted by atomic mass is 10.3. The quantitative estimate of drug-likeness (QED) is 0.842. The molecule has 0 unspecified atom stereocenters. The number of methoxy groups -OCH3 is 1. The zero-order valence-electron chi connectivity index (χ0n) is 10.3. The van der Waals surface area contributed by atoms with E-state index in [1.807, 2.05) is 24.3 Å². The molecule has 0 saturated carbocycles. The molecule has 2 aromatic rings. The molecule has 0 bridgehead atoms. The number of furan rings is 1. The molecule has 19 heavy (non-hydrogen) atoms. The lowest BCUT2D eigenvalue weighted by Gasteiger charge is -2.10. The number of benzene rings is 1. The summed E-state index contributed by atoms with van der Waals surface area (Å²) in [6.45, 7) is 0.731. The molecule has 0 aliphatic rings. The van der Waals surface area contributed by atoms with Gasteiger partial charge in [-0.1, -0.05) is 0 Å². The Kier molecular flexibility index (Phi) is 4.90. The van der Waals surface area contributed by atoms with Crippen molar-refractivity contribution in [1.29, 1.82) is 0 Å². The summed E-state index contributed by atoms with van der Waals surface area (Å²) in [4.78, 5) is 0. The first-order valence-corrected chi connectivity index (χ1v) is 7.16. The van der Waals surface area contributed by atoms with Crippen molar-refractivity contribution in [2.24, 2.45) is 5.73 Å². The van der Waals surface area contributed by atoms with Crippen LogP contribution in [0, 0.1) is 0 Å². The SMILES string of the molecule is COc1cc(Br)c(OCc2ccc(CN)o2)cc1Br. The Hall–Kier alpha value is -0.980. The third-order valence-corrected chi connectivity index (χ3v) is 3.73. The maximum Gasteiger partial charge on any atom is 0.146 e. The lowest BCUT2D eigenvalue weighted by molar-refractivity contribution is 0.264. The van der Waals surface area contributed by atoms with Crippen molar-refractivity contribution < 1.29 is 13.9 Å². The van der Waals surface area contributed by atoms with Gasteiger partial charge in [0.1, 0.15) is 29.6 Å². The molecule has 1 aromatic heterocycles. The maximum atomic E-state index is 5.69. The molecule has 1 heterocycles. The van der Waals surface area contributed by atoms with E-state index in [0.29, 0.717) is 18.9 Å². The molecular weight excluding hydrogens is 378 g/mol. The van der Waals surface area contributed by atoms with Crippen molar-refractivity contribution in [1.82, 2.24) is 0 Å². The van der Waals surface area contributed by atoms with E-state index in [-0.39, 0.29) is 0 Å². The van der Waals surface area contributed by atoms with E-state index in [0.717, 1.165) is 26.2 Å². The van der Waals surface area contributed by atoms with Gasteiger partial charge >= 0.3 is 0 Å². The van der Waals surface area contributed by atoms with Gasteiger partial charge < -0.3 is 19.6 Å². The van der Waals surface area contributed by atoms with Crippen LogP contribution in [0.1, 0.15) is 11.5 Å². The highest BCUT2D eigenvalue weighted by molar-refractivity contribution is 9.11. The summed E-state index contributed by atoms with van der Waals surface area (Å²) >= 11 is 6.86. The van der Waals surface area contributed by atoms with Gasteiger partial charge in [0, 0.05) is 0 Å². The maximum absolute atomic E-state index is 5.69. The van der Waals surface area contributed by atoms with Crippen molar-refractivity contribution in [3.05, 3.63) is 44.7 Å². The van der Waals surface area contributed by atoms with Gasteiger partial charge in [0.2, 0.25) is 0 Å². The molecule has 0 radical (unpaired) electrons. The number of ether oxygens (including phenoxy) is 2. The Morgan fingerprint density at radius 1 is 1.11 bits per heavy atom. The third kappa shape index (κ3) is 3.52. The number of rotatable bonds is 5. The summed E-state index contributed by atoms with van der Waals surface area (Å²) in [7, 11) is 1.62. The summed E-state index contributed by atoms with van der Waals surface area (Å²) in [5, 5.41) is 0. The molecule has 4 nitrogen and oxygen atoms in total. The molecule has 2 rings (SSSR count). The Balaban J connectivity index is 2.09. The molecule has 1 aromatic carbocycles. The van der Waals surface area contributed by atoms with Crippen molar-refractivity contribution in [2.75, 3.05) is 7.11 Å². The van der Waals surface area contributed by atoms with Crippen LogP contribution in [0.15, 0.2) is 37.6 Å². The predicted molar refractivity (Wildman–Crippen MR) is 79.3 cm³/mol. The van der Waals surface area contributed by atoms with Crippen molar-refractivity contribution in [3.63, 3.8) is 0 Å². The predicted octanol–water partition coefficient (Wildman–Crippen LogP) is 3.85. The first-order chi connectivity index (χ1) is 9.13. The zero-order chi connectivity index (χ0) is 13.8. The van der Waals surface area contributed by atoms with Crippen LogP contribution in [-0.2, 0) is 13.2 Å². The molecular formula is C13H13Br2NO3. The number of hydrogen-bond donors (Lipinski definition) is 1. The van der Waals surface area contributed by atoms with E-state index in [1.54, 1.807) is 7.11 Å². The topological polar surface area (TPSA) is 57.6 Å². The number of hydrogen-bond acceptors (Lipinski definition) is 4. The minimum atomic E-state index is 0.345. The number of halogens is 2. The summed E-state index contributed by atoms with van der Waals surface area (Å²) in [6.07, 6.45) is 0. The van der Waals surface area contributed by atoms with Gasteiger partial charge in [-0.2, -0.15) is 0 Å². The summed E-state index contributed by atoms with van der Waals surface area (Å²) < 4.78 is 18.0. The average molecular weight is 391 g/mol. The third-order valence-electron chi connectivity index (χ3n) is 2.49. The summed E-state index contributed by atoms with van der Waals surface area (Å²) in [6, 6.07) is 7.38. The van der Waals surface area contributed by atoms with Crippen LogP contribution in [0.5, 0.6) is 11.5 Å². The molecule has 0 fully saturated rings. The van der Waals surface area contributed by atoms with Crippen LogP contribution < -0.4 is 15.2 Å². The van der Waals surface area contributed by atoms with Crippen molar-refractivity contribution in [2.45, 2.75) is 13.2 Å². The average Bonchev–Trinajstić information content (AvgIpc) is 2.87. The molecule has 0 spiro atoms. The number of nitrogens with two attached hydrogens (primary N) is 1. The van der Waals surface area contributed by atoms with Gasteiger partial charge in [-0.3, -0.25) is 0 Å². The Morgan fingerprint density at radius 2 is 1.74 bits per heavy atom. The smallest absolute Gasteiger partial charge is 0.146 e. The summed E-state index contributed by atoms with van der Waals surface area (Å²) in [5.74, 6) is 2.92. The molecule has 2 N–H and O–H groups in total. The standard InChI is InChI=1S/C13H13Br2NO3/c1-17-12-4-11(15)13(5-10(12)14)18-7-9-3-2-8(6-16)19-9/h2-5H,6-7,16H2,1H3. The van der Waals surface area contributed by atoms with Crippen LogP contribution in [-0.4, -0.2) is 7.11 Å². The van der Waals surface area contributed by atoms with Crippen LogP contribution in [0.25, 0.3) is 0 Å². The Morgan fingerprint density at radius 3 is 2.37 bits per heavy atom. The summed E-state index contributed by atoms with van der Waals surface area (Å²) in [5.41, 5.74) is 5.48. The van der Waals surface area contributed by atoms with E-state index in [1.165, 1.54) is 0 Å². The van der Waals surface area contributed by atoms with Gasteiger partial charge in [0.25, 0.3) is 0 Å².